The summed E-state index contributed by atoms with van der Waals surface area (Å²) in [5.41, 5.74) is 9.05. The van der Waals surface area contributed by atoms with Gasteiger partial charge < -0.3 is 9.84 Å². The molecule has 0 saturated heterocycles. The third kappa shape index (κ3) is 9.27. The number of aryl methyl sites for hydroxylation is 4. The average molecular weight is 988 g/mol. The molecule has 1 saturated carbocycles. The Morgan fingerprint density at radius 3 is 2.39 bits per heavy atom. The summed E-state index contributed by atoms with van der Waals surface area (Å²) in [5, 5.41) is 29.2. The van der Waals surface area contributed by atoms with Gasteiger partial charge in [0.25, 0.3) is 0 Å². The number of halogens is 1. The number of carboxylic acids is 1. The van der Waals surface area contributed by atoms with Crippen molar-refractivity contribution in [2.24, 2.45) is 18.0 Å². The number of fused-ring (bicyclic) bond motifs is 4. The van der Waals surface area contributed by atoms with E-state index in [-0.39, 0.29) is 41.9 Å². The number of rotatable bonds is 14. The van der Waals surface area contributed by atoms with E-state index in [0.717, 1.165) is 87.6 Å². The Labute approximate surface area is 411 Å². The molecule has 9 rings (SSSR count). The van der Waals surface area contributed by atoms with E-state index in [9.17, 15) is 23.1 Å². The first-order chi connectivity index (χ1) is 33.0. The van der Waals surface area contributed by atoms with Crippen molar-refractivity contribution in [3.8, 4) is 10.8 Å². The number of carbonyl (C=O) groups excluding carboxylic acids is 1. The Balaban J connectivity index is 0.965. The SMILES string of the molecule is COc1cc(C(CC(=O)O)c2ccc(C)c(CN(C)S(=O)(=O)c3ccc(C4CCCCCC4C(=O)CC4N=C(c5ccc(Cl)cc5)c5c(sc(C)c5C)-n5c(C)nnc54)cc3)c2)cc2nnn(C)c12. The predicted molar refractivity (Wildman–Crippen MR) is 268 cm³/mol. The van der Waals surface area contributed by atoms with Gasteiger partial charge in [0, 0.05) is 59.9 Å². The highest BCUT2D eigenvalue weighted by atomic mass is 35.5. The van der Waals surface area contributed by atoms with Gasteiger partial charge in [-0.15, -0.1) is 26.6 Å². The number of methoxy groups -OCH3 is 1. The van der Waals surface area contributed by atoms with Crippen LogP contribution in [0.25, 0.3) is 16.0 Å². The molecule has 358 valence electrons. The Morgan fingerprint density at radius 1 is 0.928 bits per heavy atom. The van der Waals surface area contributed by atoms with Crippen LogP contribution in [0.15, 0.2) is 88.8 Å². The summed E-state index contributed by atoms with van der Waals surface area (Å²) in [5.74, 6) is 0.0310. The molecular formula is C52H55ClN8O6S2. The maximum Gasteiger partial charge on any atom is 0.304 e. The highest BCUT2D eigenvalue weighted by Crippen LogP contribution is 2.43. The molecule has 4 aromatic carbocycles. The topological polar surface area (TPSA) is 175 Å². The van der Waals surface area contributed by atoms with Crippen LogP contribution in [0.3, 0.4) is 0 Å². The Kier molecular flexibility index (Phi) is 13.5. The number of aliphatic carboxylic acids is 1. The lowest BCUT2D eigenvalue weighted by molar-refractivity contribution is -0.137. The second-order valence-corrected chi connectivity index (χ2v) is 22.1. The van der Waals surface area contributed by atoms with E-state index < -0.39 is 28.0 Å². The molecule has 2 aliphatic rings. The van der Waals surface area contributed by atoms with Crippen LogP contribution in [0, 0.1) is 33.6 Å². The molecular weight excluding hydrogens is 932 g/mol. The van der Waals surface area contributed by atoms with E-state index in [1.807, 2.05) is 80.6 Å². The van der Waals surface area contributed by atoms with Crippen LogP contribution in [-0.4, -0.2) is 79.2 Å². The summed E-state index contributed by atoms with van der Waals surface area (Å²) < 4.78 is 39.2. The van der Waals surface area contributed by atoms with Gasteiger partial charge in [-0.3, -0.25) is 19.1 Å². The summed E-state index contributed by atoms with van der Waals surface area (Å²) in [6, 6.07) is 23.4. The first-order valence-electron chi connectivity index (χ1n) is 23.2. The molecule has 4 atom stereocenters. The van der Waals surface area contributed by atoms with E-state index in [1.54, 1.807) is 49.4 Å². The number of thiophene rings is 1. The molecule has 17 heteroatoms. The average Bonchev–Trinajstić information content (AvgIpc) is 3.88. The minimum absolute atomic E-state index is 0.0542. The van der Waals surface area contributed by atoms with Crippen molar-refractivity contribution in [2.75, 3.05) is 14.2 Å². The van der Waals surface area contributed by atoms with Gasteiger partial charge >= 0.3 is 5.97 Å². The summed E-state index contributed by atoms with van der Waals surface area (Å²) >= 11 is 8.01. The summed E-state index contributed by atoms with van der Waals surface area (Å²) in [7, 11) is 0.885. The molecule has 1 fully saturated rings. The number of hydrogen-bond donors (Lipinski definition) is 1. The molecule has 4 unspecified atom stereocenters. The number of sulfonamides is 1. The Morgan fingerprint density at radius 2 is 1.67 bits per heavy atom. The maximum absolute atomic E-state index is 14.9. The molecule has 0 amide bonds. The van der Waals surface area contributed by atoms with Crippen molar-refractivity contribution in [1.82, 2.24) is 34.1 Å². The van der Waals surface area contributed by atoms with Gasteiger partial charge in [-0.25, -0.2) is 13.1 Å². The minimum atomic E-state index is -3.98. The van der Waals surface area contributed by atoms with E-state index in [2.05, 4.69) is 38.9 Å². The molecule has 69 heavy (non-hydrogen) atoms. The first kappa shape index (κ1) is 48.0. The lowest BCUT2D eigenvalue weighted by Gasteiger charge is -2.26. The number of carbonyl (C=O) groups is 2. The number of hydrogen-bond acceptors (Lipinski definition) is 11. The summed E-state index contributed by atoms with van der Waals surface area (Å²) in [6.45, 7) is 8.11. The predicted octanol–water partition coefficient (Wildman–Crippen LogP) is 10.1. The molecule has 1 N–H and O–H groups in total. The van der Waals surface area contributed by atoms with E-state index in [0.29, 0.717) is 33.2 Å². The zero-order chi connectivity index (χ0) is 48.9. The molecule has 14 nitrogen and oxygen atoms in total. The van der Waals surface area contributed by atoms with Gasteiger partial charge in [0.15, 0.2) is 5.82 Å². The molecule has 7 aromatic rings. The van der Waals surface area contributed by atoms with Crippen molar-refractivity contribution in [3.63, 3.8) is 0 Å². The maximum atomic E-state index is 14.9. The van der Waals surface area contributed by atoms with Gasteiger partial charge in [-0.2, -0.15) is 4.31 Å². The normalized spacial score (nSPS) is 17.8. The van der Waals surface area contributed by atoms with Crippen molar-refractivity contribution in [3.05, 3.63) is 145 Å². The van der Waals surface area contributed by atoms with E-state index >= 15 is 0 Å². The lowest BCUT2D eigenvalue weighted by atomic mass is 9.78. The standard InChI is InChI=1S/C52H55ClN8O6S2/c1-29-13-14-35(42(26-47(63)64)36-24-43-50(46(25-36)67-7)60(6)58-56-43)23-37(29)28-59(5)69(65,66)39-21-17-33(18-22-39)40-11-9-8-10-12-41(40)45(62)27-44-51-57-55-32(4)61(51)52-48(30(2)31(3)68-52)49(54-44)34-15-19-38(53)20-16-34/h13-25,40-42,44H,8-12,26-28H2,1-7H3,(H,63,64). The molecule has 1 aliphatic heterocycles. The van der Waals surface area contributed by atoms with Crippen LogP contribution in [0.5, 0.6) is 5.75 Å². The fourth-order valence-corrected chi connectivity index (χ4v) is 12.7. The van der Waals surface area contributed by atoms with Crippen molar-refractivity contribution >= 4 is 61.5 Å². The Bertz CT molecular complexity index is 3250. The highest BCUT2D eigenvalue weighted by molar-refractivity contribution is 7.89. The number of ketones is 1. The fraction of sp³-hybridized carbons (Fsp3) is 0.365. The molecule has 1 aliphatic carbocycles. The lowest BCUT2D eigenvalue weighted by Crippen LogP contribution is -2.27. The van der Waals surface area contributed by atoms with Crippen molar-refractivity contribution in [1.29, 1.82) is 0 Å². The quantitative estimate of drug-likeness (QED) is 0.103. The van der Waals surface area contributed by atoms with E-state index in [4.69, 9.17) is 21.3 Å². The van der Waals surface area contributed by atoms with Crippen LogP contribution in [-0.2, 0) is 33.2 Å². The van der Waals surface area contributed by atoms with Gasteiger partial charge in [-0.1, -0.05) is 78.5 Å². The van der Waals surface area contributed by atoms with Crippen LogP contribution in [0.1, 0.15) is 124 Å². The number of Topliss-reactive ketones (excluding diaryl/α,β-unsaturated/α-hetero) is 1. The highest BCUT2D eigenvalue weighted by Gasteiger charge is 2.37. The van der Waals surface area contributed by atoms with Crippen molar-refractivity contribution in [2.45, 2.75) is 102 Å². The number of aromatic nitrogens is 6. The molecule has 0 radical (unpaired) electrons. The molecule has 0 spiro atoms. The number of nitrogens with zero attached hydrogens (tertiary/aromatic N) is 8. The van der Waals surface area contributed by atoms with Gasteiger partial charge in [0.2, 0.25) is 10.0 Å². The van der Waals surface area contributed by atoms with Crippen molar-refractivity contribution < 1.29 is 27.9 Å². The number of ether oxygens (including phenoxy) is 1. The van der Waals surface area contributed by atoms with Gasteiger partial charge in [0.1, 0.15) is 39.4 Å². The van der Waals surface area contributed by atoms with Crippen LogP contribution >= 0.6 is 22.9 Å². The third-order valence-corrected chi connectivity index (χ3v) is 17.3. The largest absolute Gasteiger partial charge is 0.494 e. The molecule has 0 bridgehead atoms. The van der Waals surface area contributed by atoms with Gasteiger partial charge in [0.05, 0.1) is 24.1 Å². The second-order valence-electron chi connectivity index (χ2n) is 18.4. The third-order valence-electron chi connectivity index (χ3n) is 14.1. The summed E-state index contributed by atoms with van der Waals surface area (Å²) in [6.07, 6.45) is 4.34. The smallest absolute Gasteiger partial charge is 0.304 e. The van der Waals surface area contributed by atoms with Gasteiger partial charge in [-0.05, 0) is 116 Å². The van der Waals surface area contributed by atoms with Crippen LogP contribution in [0.2, 0.25) is 5.02 Å². The molecule has 3 aromatic heterocycles. The zero-order valence-electron chi connectivity index (χ0n) is 39.7. The first-order valence-corrected chi connectivity index (χ1v) is 25.8. The fourth-order valence-electron chi connectivity index (χ4n) is 10.2. The van der Waals surface area contributed by atoms with E-state index in [1.165, 1.54) is 9.18 Å². The zero-order valence-corrected chi connectivity index (χ0v) is 42.1. The monoisotopic (exact) mass is 986 g/mol. The minimum Gasteiger partial charge on any atom is -0.494 e. The summed E-state index contributed by atoms with van der Waals surface area (Å²) in [4.78, 5) is 33.8. The second kappa shape index (κ2) is 19.4. The van der Waals surface area contributed by atoms with Crippen LogP contribution in [0.4, 0.5) is 0 Å². The molecule has 4 heterocycles. The number of benzene rings is 4. The number of carboxylic acid groups (broad SMARTS) is 1. The van der Waals surface area contributed by atoms with Crippen LogP contribution < -0.4 is 4.74 Å². The Hall–Kier alpha value is -6.07. The number of aliphatic imine (C=N–C) groups is 1.